The molecule has 0 bridgehead atoms. The van der Waals surface area contributed by atoms with Crippen LogP contribution in [-0.4, -0.2) is 38.8 Å². The molecule has 0 aliphatic carbocycles. The molecule has 0 fully saturated rings. The van der Waals surface area contributed by atoms with Crippen molar-refractivity contribution in [2.75, 3.05) is 0 Å². The SMILES string of the molecule is O=c1n([N+](=O)[O-])c2cc3c(cc2n1[N+](=O)[O-])n([N+](=O)[O-])c(=O)n3[N+](=O)[O-]. The fourth-order valence-electron chi connectivity index (χ4n) is 2.46. The molecule has 26 heavy (non-hydrogen) atoms. The summed E-state index contributed by atoms with van der Waals surface area (Å²) in [6.45, 7) is 0. The summed E-state index contributed by atoms with van der Waals surface area (Å²) >= 11 is 0. The van der Waals surface area contributed by atoms with Crippen molar-refractivity contribution >= 4 is 22.1 Å². The second-order valence-electron chi connectivity index (χ2n) is 4.59. The van der Waals surface area contributed by atoms with Crippen LogP contribution in [0.2, 0.25) is 0 Å². The number of imidazole rings is 2. The molecule has 3 aromatic rings. The molecule has 3 rings (SSSR count). The van der Waals surface area contributed by atoms with Gasteiger partial charge >= 0.3 is 11.4 Å². The Morgan fingerprint density at radius 1 is 0.538 bits per heavy atom. The van der Waals surface area contributed by atoms with Gasteiger partial charge in [-0.15, -0.1) is 0 Å². The van der Waals surface area contributed by atoms with Gasteiger partial charge in [-0.05, 0) is 0 Å². The van der Waals surface area contributed by atoms with E-state index in [0.717, 1.165) is 0 Å². The average Bonchev–Trinajstić information content (AvgIpc) is 2.93. The first-order valence-corrected chi connectivity index (χ1v) is 6.11. The van der Waals surface area contributed by atoms with E-state index in [1.165, 1.54) is 0 Å². The molecule has 0 aliphatic rings. The molecule has 0 saturated carbocycles. The van der Waals surface area contributed by atoms with E-state index in [1.807, 2.05) is 0 Å². The number of nitro groups is 4. The smallest absolute Gasteiger partial charge is 0.236 e. The number of benzene rings is 1. The van der Waals surface area contributed by atoms with Crippen LogP contribution in [-0.2, 0) is 0 Å². The zero-order valence-corrected chi connectivity index (χ0v) is 11.8. The minimum atomic E-state index is -1.73. The molecular formula is C8H2N8O10. The highest BCUT2D eigenvalue weighted by Crippen LogP contribution is 2.22. The van der Waals surface area contributed by atoms with E-state index in [1.54, 1.807) is 0 Å². The zero-order valence-electron chi connectivity index (χ0n) is 11.8. The molecule has 0 unspecified atom stereocenters. The monoisotopic (exact) mass is 370 g/mol. The molecule has 0 saturated heterocycles. The third-order valence-corrected chi connectivity index (χ3v) is 3.36. The van der Waals surface area contributed by atoms with Crippen molar-refractivity contribution in [1.82, 2.24) is 18.7 Å². The number of fused-ring (bicyclic) bond motifs is 2. The van der Waals surface area contributed by atoms with Crippen LogP contribution in [0.5, 0.6) is 0 Å². The van der Waals surface area contributed by atoms with E-state index in [2.05, 4.69) is 0 Å². The molecule has 0 aliphatic heterocycles. The lowest BCUT2D eigenvalue weighted by Crippen LogP contribution is -2.32. The van der Waals surface area contributed by atoms with E-state index in [9.17, 15) is 50.0 Å². The highest BCUT2D eigenvalue weighted by Gasteiger charge is 2.33. The van der Waals surface area contributed by atoms with Gasteiger partial charge in [0.25, 0.3) is 0 Å². The Kier molecular flexibility index (Phi) is 3.07. The van der Waals surface area contributed by atoms with Gasteiger partial charge in [0.1, 0.15) is 22.1 Å². The van der Waals surface area contributed by atoms with E-state index in [4.69, 9.17) is 0 Å². The first kappa shape index (κ1) is 16.2. The Morgan fingerprint density at radius 3 is 0.885 bits per heavy atom. The summed E-state index contributed by atoms with van der Waals surface area (Å²) in [5.74, 6) is 0. The van der Waals surface area contributed by atoms with Crippen molar-refractivity contribution in [3.8, 4) is 0 Å². The highest BCUT2D eigenvalue weighted by atomic mass is 16.7. The normalized spacial score (nSPS) is 11.1. The lowest BCUT2D eigenvalue weighted by molar-refractivity contribution is -0.562. The molecule has 0 spiro atoms. The number of hydrogen-bond acceptors (Lipinski definition) is 10. The number of aromatic nitrogens is 4. The summed E-state index contributed by atoms with van der Waals surface area (Å²) in [7, 11) is 0. The Balaban J connectivity index is 2.70. The predicted molar refractivity (Wildman–Crippen MR) is 75.5 cm³/mol. The number of nitrogens with zero attached hydrogens (tertiary/aromatic N) is 8. The quantitative estimate of drug-likeness (QED) is 0.365. The third kappa shape index (κ3) is 1.85. The molecule has 2 heterocycles. The maximum absolute atomic E-state index is 11.9. The predicted octanol–water partition coefficient (Wildman–Crippen LogP) is -1.92. The van der Waals surface area contributed by atoms with Gasteiger partial charge in [-0.1, -0.05) is 0 Å². The van der Waals surface area contributed by atoms with Crippen molar-refractivity contribution in [3.63, 3.8) is 0 Å². The standard InChI is InChI=1S/C8H2N8O10/c17-7-9(13(19)20)3-1-4-6(2-5(3)11(7)15(23)24)12(16(25)26)8(18)10(4)14(21)22/h1-2H. The Hall–Kier alpha value is -4.64. The fraction of sp³-hybridized carbons (Fsp3) is 0. The summed E-state index contributed by atoms with van der Waals surface area (Å²) in [4.78, 5) is 67.8. The van der Waals surface area contributed by atoms with Gasteiger partial charge in [-0.3, -0.25) is 0 Å². The van der Waals surface area contributed by atoms with Gasteiger partial charge in [-0.2, -0.15) is 0 Å². The van der Waals surface area contributed by atoms with E-state index in [0.29, 0.717) is 12.1 Å². The number of rotatable bonds is 4. The number of hydrogen-bond donors (Lipinski definition) is 0. The Morgan fingerprint density at radius 2 is 0.731 bits per heavy atom. The average molecular weight is 370 g/mol. The molecular weight excluding hydrogens is 368 g/mol. The maximum Gasteiger partial charge on any atom is 0.446 e. The van der Waals surface area contributed by atoms with E-state index < -0.39 is 53.6 Å². The summed E-state index contributed by atoms with van der Waals surface area (Å²) in [6, 6.07) is 1.05. The van der Waals surface area contributed by atoms with Crippen LogP contribution >= 0.6 is 0 Å². The van der Waals surface area contributed by atoms with Crippen LogP contribution < -0.4 is 11.4 Å². The van der Waals surface area contributed by atoms with Crippen LogP contribution in [0.15, 0.2) is 21.7 Å². The minimum Gasteiger partial charge on any atom is -0.236 e. The van der Waals surface area contributed by atoms with Crippen molar-refractivity contribution in [1.29, 1.82) is 0 Å². The topological polar surface area (TPSA) is 226 Å². The van der Waals surface area contributed by atoms with Gasteiger partial charge < -0.3 is 0 Å². The lowest BCUT2D eigenvalue weighted by atomic mass is 10.2. The summed E-state index contributed by atoms with van der Waals surface area (Å²) in [6.07, 6.45) is 0. The second-order valence-corrected chi connectivity index (χ2v) is 4.59. The highest BCUT2D eigenvalue weighted by molar-refractivity contribution is 5.91. The Bertz CT molecular complexity index is 1100. The molecule has 0 N–H and O–H groups in total. The van der Waals surface area contributed by atoms with Crippen LogP contribution in [0.4, 0.5) is 0 Å². The van der Waals surface area contributed by atoms with Gasteiger partial charge in [-0.25, -0.2) is 50.0 Å². The molecule has 18 nitrogen and oxygen atoms in total. The first-order valence-electron chi connectivity index (χ1n) is 6.11. The first-order chi connectivity index (χ1) is 12.1. The summed E-state index contributed by atoms with van der Waals surface area (Å²) < 4.78 is -1.13. The van der Waals surface area contributed by atoms with Crippen molar-refractivity contribution in [2.24, 2.45) is 0 Å². The largest absolute Gasteiger partial charge is 0.446 e. The second kappa shape index (κ2) is 4.93. The minimum absolute atomic E-state index is 0.282. The van der Waals surface area contributed by atoms with Crippen LogP contribution in [0, 0.1) is 40.5 Å². The molecule has 18 heteroatoms. The molecule has 1 aromatic carbocycles. The van der Waals surface area contributed by atoms with Gasteiger partial charge in [0.2, 0.25) is 0 Å². The van der Waals surface area contributed by atoms with Crippen LogP contribution in [0.3, 0.4) is 0 Å². The molecule has 0 radical (unpaired) electrons. The molecule has 0 atom stereocenters. The Labute approximate surface area is 135 Å². The molecule has 134 valence electrons. The van der Waals surface area contributed by atoms with E-state index in [-0.39, 0.29) is 18.7 Å². The lowest BCUT2D eigenvalue weighted by Gasteiger charge is -1.94. The van der Waals surface area contributed by atoms with E-state index >= 15 is 0 Å². The molecule has 2 aromatic heterocycles. The van der Waals surface area contributed by atoms with Gasteiger partial charge in [0.05, 0.1) is 0 Å². The summed E-state index contributed by atoms with van der Waals surface area (Å²) in [5, 5.41) is 38.8. The van der Waals surface area contributed by atoms with Crippen LogP contribution in [0.1, 0.15) is 0 Å². The van der Waals surface area contributed by atoms with Crippen LogP contribution in [0.25, 0.3) is 22.1 Å². The third-order valence-electron chi connectivity index (χ3n) is 3.36. The van der Waals surface area contributed by atoms with Crippen molar-refractivity contribution < 1.29 is 20.1 Å². The molecule has 0 amide bonds. The fourth-order valence-corrected chi connectivity index (χ4v) is 2.46. The van der Waals surface area contributed by atoms with Crippen molar-refractivity contribution in [3.05, 3.63) is 73.6 Å². The van der Waals surface area contributed by atoms with Gasteiger partial charge in [0.15, 0.2) is 20.1 Å². The maximum atomic E-state index is 11.9. The summed E-state index contributed by atoms with van der Waals surface area (Å²) in [5.41, 5.74) is -6.57. The zero-order chi connectivity index (χ0) is 19.5. The van der Waals surface area contributed by atoms with Gasteiger partial charge in [0, 0.05) is 30.8 Å². The van der Waals surface area contributed by atoms with Crippen molar-refractivity contribution in [2.45, 2.75) is 0 Å².